The normalized spacial score (nSPS) is 11.7. The number of carbonyl (C=O) groups excluding carboxylic acids is 2. The van der Waals surface area contributed by atoms with Crippen molar-refractivity contribution in [2.75, 3.05) is 24.2 Å². The largest absolute Gasteiger partial charge is 0.326 e. The number of carbonyl (C=O) groups is 2. The van der Waals surface area contributed by atoms with Crippen LogP contribution in [-0.2, 0) is 16.1 Å². The van der Waals surface area contributed by atoms with E-state index in [9.17, 15) is 9.59 Å². The molecule has 116 valence electrons. The van der Waals surface area contributed by atoms with Crippen LogP contribution in [-0.4, -0.2) is 25.4 Å². The van der Waals surface area contributed by atoms with Crippen molar-refractivity contribution < 1.29 is 14.5 Å². The van der Waals surface area contributed by atoms with E-state index in [-0.39, 0.29) is 11.8 Å². The van der Waals surface area contributed by atoms with E-state index in [0.717, 1.165) is 17.1 Å². The second-order valence-electron chi connectivity index (χ2n) is 5.20. The number of quaternary nitrogens is 1. The Labute approximate surface area is 134 Å². The zero-order valence-corrected chi connectivity index (χ0v) is 13.5. The number of nitrogens with one attached hydrogen (secondary N) is 3. The third kappa shape index (κ3) is 5.31. The van der Waals surface area contributed by atoms with Crippen LogP contribution in [0.2, 0.25) is 0 Å². The maximum absolute atomic E-state index is 12.0. The number of hydrogen-bond acceptors (Lipinski definition) is 3. The van der Waals surface area contributed by atoms with Crippen molar-refractivity contribution in [1.82, 2.24) is 0 Å². The van der Waals surface area contributed by atoms with Gasteiger partial charge in [-0.25, -0.2) is 0 Å². The monoisotopic (exact) mass is 318 g/mol. The maximum atomic E-state index is 12.0. The minimum absolute atomic E-state index is 0.0265. The van der Waals surface area contributed by atoms with Crippen LogP contribution in [0.3, 0.4) is 0 Å². The molecular formula is C16H20N3O2S+. The number of likely N-dealkylation sites (N-methyl/N-ethyl adjacent to an activating group) is 1. The molecule has 1 aromatic carbocycles. The first-order chi connectivity index (χ1) is 10.5. The summed E-state index contributed by atoms with van der Waals surface area (Å²) >= 11 is 1.70. The molecule has 0 aliphatic carbocycles. The smallest absolute Gasteiger partial charge is 0.279 e. The zero-order chi connectivity index (χ0) is 15.9. The standard InChI is InChI=1S/C16H19N3O2S/c1-12(20)17-13-5-7-14(8-6-13)18-16(21)11-19(2)10-15-4-3-9-22-15/h3-9H,10-11H2,1-2H3,(H,17,20)(H,18,21)/p+1. The highest BCUT2D eigenvalue weighted by Gasteiger charge is 2.11. The fourth-order valence-corrected chi connectivity index (χ4v) is 2.91. The first kappa shape index (κ1) is 16.2. The van der Waals surface area contributed by atoms with Crippen molar-refractivity contribution in [3.63, 3.8) is 0 Å². The topological polar surface area (TPSA) is 62.6 Å². The van der Waals surface area contributed by atoms with Gasteiger partial charge in [0.05, 0.1) is 11.9 Å². The van der Waals surface area contributed by atoms with E-state index >= 15 is 0 Å². The molecule has 6 heteroatoms. The maximum Gasteiger partial charge on any atom is 0.279 e. The second-order valence-corrected chi connectivity index (χ2v) is 6.23. The Balaban J connectivity index is 1.82. The number of rotatable bonds is 6. The highest BCUT2D eigenvalue weighted by Crippen LogP contribution is 2.13. The van der Waals surface area contributed by atoms with Crippen LogP contribution >= 0.6 is 11.3 Å². The Morgan fingerprint density at radius 2 is 1.73 bits per heavy atom. The molecule has 1 atom stereocenters. The molecule has 1 unspecified atom stereocenters. The molecule has 0 bridgehead atoms. The number of thiophene rings is 1. The van der Waals surface area contributed by atoms with Gasteiger partial charge in [-0.1, -0.05) is 6.07 Å². The van der Waals surface area contributed by atoms with Crippen LogP contribution in [0.5, 0.6) is 0 Å². The quantitative estimate of drug-likeness (QED) is 0.753. The van der Waals surface area contributed by atoms with E-state index in [1.54, 1.807) is 35.6 Å². The van der Waals surface area contributed by atoms with Gasteiger partial charge in [-0.15, -0.1) is 11.3 Å². The Morgan fingerprint density at radius 1 is 1.09 bits per heavy atom. The lowest BCUT2D eigenvalue weighted by atomic mass is 10.2. The van der Waals surface area contributed by atoms with Gasteiger partial charge in [0.25, 0.3) is 5.91 Å². The van der Waals surface area contributed by atoms with Gasteiger partial charge in [0.1, 0.15) is 6.54 Å². The first-order valence-electron chi connectivity index (χ1n) is 7.04. The fourth-order valence-electron chi connectivity index (χ4n) is 2.09. The Hall–Kier alpha value is -2.18. The minimum Gasteiger partial charge on any atom is -0.326 e. The van der Waals surface area contributed by atoms with Crippen LogP contribution in [0, 0.1) is 0 Å². The van der Waals surface area contributed by atoms with Gasteiger partial charge >= 0.3 is 0 Å². The van der Waals surface area contributed by atoms with Gasteiger partial charge < -0.3 is 15.5 Å². The van der Waals surface area contributed by atoms with E-state index in [4.69, 9.17) is 0 Å². The Bertz CT molecular complexity index is 623. The predicted molar refractivity (Wildman–Crippen MR) is 89.2 cm³/mol. The van der Waals surface area contributed by atoms with Crippen LogP contribution in [0.25, 0.3) is 0 Å². The van der Waals surface area contributed by atoms with Crippen LogP contribution < -0.4 is 15.5 Å². The van der Waals surface area contributed by atoms with E-state index in [0.29, 0.717) is 12.2 Å². The number of anilines is 2. The van der Waals surface area contributed by atoms with E-state index in [2.05, 4.69) is 16.7 Å². The first-order valence-corrected chi connectivity index (χ1v) is 7.92. The van der Waals surface area contributed by atoms with E-state index < -0.39 is 0 Å². The second kappa shape index (κ2) is 7.72. The average molecular weight is 318 g/mol. The molecule has 1 aromatic heterocycles. The lowest BCUT2D eigenvalue weighted by molar-refractivity contribution is -0.884. The summed E-state index contributed by atoms with van der Waals surface area (Å²) in [4.78, 5) is 25.4. The van der Waals surface area contributed by atoms with Gasteiger partial charge in [0, 0.05) is 18.3 Å². The van der Waals surface area contributed by atoms with Crippen molar-refractivity contribution >= 4 is 34.5 Å². The molecule has 2 aromatic rings. The molecule has 1 heterocycles. The van der Waals surface area contributed by atoms with Gasteiger partial charge in [0.15, 0.2) is 6.54 Å². The fraction of sp³-hybridized carbons (Fsp3) is 0.250. The van der Waals surface area contributed by atoms with Crippen LogP contribution in [0.15, 0.2) is 41.8 Å². The summed E-state index contributed by atoms with van der Waals surface area (Å²) in [5.41, 5.74) is 1.44. The molecule has 0 aliphatic rings. The zero-order valence-electron chi connectivity index (χ0n) is 12.7. The summed E-state index contributed by atoms with van der Waals surface area (Å²) in [5.74, 6) is -0.142. The molecule has 0 saturated carbocycles. The summed E-state index contributed by atoms with van der Waals surface area (Å²) in [6.45, 7) is 2.71. The Kier molecular flexibility index (Phi) is 5.68. The molecule has 2 amide bonds. The summed E-state index contributed by atoms with van der Waals surface area (Å²) in [6, 6.07) is 11.2. The molecule has 0 aliphatic heterocycles. The summed E-state index contributed by atoms with van der Waals surface area (Å²) in [7, 11) is 2.00. The minimum atomic E-state index is -0.115. The molecule has 2 rings (SSSR count). The summed E-state index contributed by atoms with van der Waals surface area (Å²) in [6.07, 6.45) is 0. The summed E-state index contributed by atoms with van der Waals surface area (Å²) < 4.78 is 0. The third-order valence-corrected chi connectivity index (χ3v) is 3.88. The average Bonchev–Trinajstić information content (AvgIpc) is 2.93. The van der Waals surface area contributed by atoms with Gasteiger partial charge in [-0.2, -0.15) is 0 Å². The number of benzene rings is 1. The van der Waals surface area contributed by atoms with Crippen molar-refractivity contribution in [2.24, 2.45) is 0 Å². The number of amides is 2. The molecule has 0 saturated heterocycles. The molecule has 0 radical (unpaired) electrons. The highest BCUT2D eigenvalue weighted by molar-refractivity contribution is 7.09. The van der Waals surface area contributed by atoms with E-state index in [1.807, 2.05) is 18.5 Å². The molecular weight excluding hydrogens is 298 g/mol. The highest BCUT2D eigenvalue weighted by atomic mass is 32.1. The molecule has 0 spiro atoms. The molecule has 3 N–H and O–H groups in total. The molecule has 0 fully saturated rings. The lowest BCUT2D eigenvalue weighted by Gasteiger charge is -2.13. The van der Waals surface area contributed by atoms with Crippen molar-refractivity contribution in [2.45, 2.75) is 13.5 Å². The van der Waals surface area contributed by atoms with Crippen molar-refractivity contribution in [1.29, 1.82) is 0 Å². The van der Waals surface area contributed by atoms with Crippen molar-refractivity contribution in [3.05, 3.63) is 46.7 Å². The van der Waals surface area contributed by atoms with Gasteiger partial charge in [-0.3, -0.25) is 9.59 Å². The SMILES string of the molecule is CC(=O)Nc1ccc(NC(=O)C[NH+](C)Cc2cccs2)cc1. The van der Waals surface area contributed by atoms with Crippen molar-refractivity contribution in [3.8, 4) is 0 Å². The summed E-state index contributed by atoms with van der Waals surface area (Å²) in [5, 5.41) is 7.59. The predicted octanol–water partition coefficient (Wildman–Crippen LogP) is 1.36. The van der Waals surface area contributed by atoms with Gasteiger partial charge in [0.2, 0.25) is 5.91 Å². The lowest BCUT2D eigenvalue weighted by Crippen LogP contribution is -3.08. The Morgan fingerprint density at radius 3 is 2.27 bits per heavy atom. The van der Waals surface area contributed by atoms with Crippen LogP contribution in [0.4, 0.5) is 11.4 Å². The van der Waals surface area contributed by atoms with E-state index in [1.165, 1.54) is 11.8 Å². The van der Waals surface area contributed by atoms with Gasteiger partial charge in [-0.05, 0) is 35.7 Å². The molecule has 5 nitrogen and oxygen atoms in total. The molecule has 22 heavy (non-hydrogen) atoms. The van der Waals surface area contributed by atoms with Crippen LogP contribution in [0.1, 0.15) is 11.8 Å². The third-order valence-electron chi connectivity index (χ3n) is 3.01. The number of hydrogen-bond donors (Lipinski definition) is 3.